The van der Waals surface area contributed by atoms with Gasteiger partial charge in [0.1, 0.15) is 5.75 Å². The Morgan fingerprint density at radius 2 is 1.83 bits per heavy atom. The van der Waals surface area contributed by atoms with Gasteiger partial charge in [0.05, 0.1) is 12.8 Å². The monoisotopic (exact) mass is 627 g/mol. The van der Waals surface area contributed by atoms with E-state index in [-0.39, 0.29) is 18.0 Å². The maximum Gasteiger partial charge on any atom is 0.322 e. The number of nitrogens with zero attached hydrogens (tertiary/aromatic N) is 4. The molecule has 0 atom stereocenters. The maximum atomic E-state index is 13.0. The molecule has 41 heavy (non-hydrogen) atoms. The first-order valence-electron chi connectivity index (χ1n) is 14.5. The highest BCUT2D eigenvalue weighted by atomic mass is 79.9. The number of ether oxygens (including phenoxy) is 1. The van der Waals surface area contributed by atoms with Gasteiger partial charge in [-0.3, -0.25) is 9.69 Å². The van der Waals surface area contributed by atoms with E-state index >= 15 is 0 Å². The number of piperazine rings is 1. The second-order valence-electron chi connectivity index (χ2n) is 11.3. The Morgan fingerprint density at radius 3 is 2.56 bits per heavy atom. The highest BCUT2D eigenvalue weighted by Crippen LogP contribution is 2.29. The second-order valence-corrected chi connectivity index (χ2v) is 12.2. The van der Waals surface area contributed by atoms with Crippen LogP contribution in [0.4, 0.5) is 16.2 Å². The summed E-state index contributed by atoms with van der Waals surface area (Å²) in [6.45, 7) is 8.63. The zero-order valence-corrected chi connectivity index (χ0v) is 25.7. The number of halogens is 1. The van der Waals surface area contributed by atoms with Crippen molar-refractivity contribution < 1.29 is 14.3 Å². The molecule has 0 unspecified atom stereocenters. The molecule has 2 aromatic rings. The average Bonchev–Trinajstić information content (AvgIpc) is 3.14. The summed E-state index contributed by atoms with van der Waals surface area (Å²) in [4.78, 5) is 35.1. The van der Waals surface area contributed by atoms with Crippen LogP contribution in [0.15, 0.2) is 34.8 Å². The van der Waals surface area contributed by atoms with Gasteiger partial charge in [-0.15, -0.1) is 0 Å². The number of hydrogen-bond acceptors (Lipinski definition) is 7. The van der Waals surface area contributed by atoms with Gasteiger partial charge in [0, 0.05) is 87.2 Å². The van der Waals surface area contributed by atoms with Crippen molar-refractivity contribution in [3.8, 4) is 5.75 Å². The molecule has 3 aliphatic rings. The van der Waals surface area contributed by atoms with E-state index in [9.17, 15) is 9.59 Å². The molecule has 2 saturated heterocycles. The summed E-state index contributed by atoms with van der Waals surface area (Å²) in [5.74, 6) is 0.722. The fourth-order valence-electron chi connectivity index (χ4n) is 5.97. The Bertz CT molecular complexity index is 1240. The zero-order chi connectivity index (χ0) is 28.9. The van der Waals surface area contributed by atoms with Crippen LogP contribution in [0.1, 0.15) is 34.3 Å². The highest BCUT2D eigenvalue weighted by molar-refractivity contribution is 9.10. The van der Waals surface area contributed by atoms with E-state index in [2.05, 4.69) is 48.3 Å². The molecule has 0 aromatic heterocycles. The van der Waals surface area contributed by atoms with Gasteiger partial charge in [-0.25, -0.2) is 4.79 Å². The minimum absolute atomic E-state index is 0.0266. The summed E-state index contributed by atoms with van der Waals surface area (Å²) in [7, 11) is 3.80. The predicted molar refractivity (Wildman–Crippen MR) is 166 cm³/mol. The van der Waals surface area contributed by atoms with Gasteiger partial charge in [0.15, 0.2) is 0 Å². The Hall–Kier alpha value is -2.86. The molecule has 10 nitrogen and oxygen atoms in total. The summed E-state index contributed by atoms with van der Waals surface area (Å²) >= 11 is 3.55. The van der Waals surface area contributed by atoms with Crippen molar-refractivity contribution in [1.82, 2.24) is 24.9 Å². The number of carbonyl (C=O) groups is 2. The Kier molecular flexibility index (Phi) is 9.69. The lowest BCUT2D eigenvalue weighted by Crippen LogP contribution is -2.49. The van der Waals surface area contributed by atoms with Crippen molar-refractivity contribution in [3.05, 3.63) is 51.5 Å². The van der Waals surface area contributed by atoms with Crippen LogP contribution in [0.25, 0.3) is 0 Å². The SMILES string of the molecule is COc1ccc2c(c1)CCN(C1CCN(CCNC(=O)c3cc(Br)c(N)c(CN4CCN(C)CC4)c3)CC1)C(=O)N2. The van der Waals surface area contributed by atoms with Gasteiger partial charge >= 0.3 is 6.03 Å². The Morgan fingerprint density at radius 1 is 1.07 bits per heavy atom. The van der Waals surface area contributed by atoms with Crippen molar-refractivity contribution in [2.75, 3.05) is 84.1 Å². The number of anilines is 2. The number of likely N-dealkylation sites (N-methyl/N-ethyl adjacent to an activating group) is 1. The molecule has 0 saturated carbocycles. The van der Waals surface area contributed by atoms with E-state index in [1.807, 2.05) is 35.2 Å². The van der Waals surface area contributed by atoms with Crippen molar-refractivity contribution in [1.29, 1.82) is 0 Å². The number of nitrogens with one attached hydrogen (secondary N) is 2. The van der Waals surface area contributed by atoms with Crippen LogP contribution >= 0.6 is 15.9 Å². The third-order valence-electron chi connectivity index (χ3n) is 8.62. The molecule has 5 rings (SSSR count). The lowest BCUT2D eigenvalue weighted by atomic mass is 10.0. The first kappa shape index (κ1) is 29.6. The number of carbonyl (C=O) groups excluding carboxylic acids is 2. The standard InChI is InChI=1S/C30H42BrN7O3/c1-35-13-15-37(16-14-35)20-23-17-22(19-26(31)28(23)32)29(39)33-8-12-36-9-6-24(7-10-36)38-11-5-21-18-25(41-2)3-4-27(21)34-30(38)40/h3-4,17-19,24H,5-16,20,32H2,1-2H3,(H,33,39)(H,34,40). The van der Waals surface area contributed by atoms with Crippen molar-refractivity contribution in [3.63, 3.8) is 0 Å². The first-order chi connectivity index (χ1) is 19.8. The van der Waals surface area contributed by atoms with Gasteiger partial charge in [0.2, 0.25) is 0 Å². The topological polar surface area (TPSA) is 106 Å². The van der Waals surface area contributed by atoms with E-state index in [1.54, 1.807) is 7.11 Å². The fourth-order valence-corrected chi connectivity index (χ4v) is 6.47. The van der Waals surface area contributed by atoms with Crippen molar-refractivity contribution in [2.45, 2.75) is 31.8 Å². The van der Waals surface area contributed by atoms with Crippen LogP contribution < -0.4 is 21.1 Å². The van der Waals surface area contributed by atoms with Crippen LogP contribution in [-0.4, -0.2) is 111 Å². The minimum Gasteiger partial charge on any atom is -0.497 e. The lowest BCUT2D eigenvalue weighted by Gasteiger charge is -2.38. The number of benzene rings is 2. The van der Waals surface area contributed by atoms with Crippen molar-refractivity contribution >= 4 is 39.2 Å². The molecule has 11 heteroatoms. The number of likely N-dealkylation sites (tertiary alicyclic amines) is 1. The van der Waals surface area contributed by atoms with Gasteiger partial charge in [-0.05, 0) is 83.7 Å². The van der Waals surface area contributed by atoms with E-state index in [0.717, 1.165) is 98.7 Å². The second kappa shape index (κ2) is 13.4. The fraction of sp³-hybridized carbons (Fsp3) is 0.533. The molecule has 0 aliphatic carbocycles. The molecule has 2 aromatic carbocycles. The van der Waals surface area contributed by atoms with Crippen LogP contribution in [-0.2, 0) is 13.0 Å². The smallest absolute Gasteiger partial charge is 0.322 e. The van der Waals surface area contributed by atoms with E-state index in [0.29, 0.717) is 24.3 Å². The number of urea groups is 1. The summed E-state index contributed by atoms with van der Waals surface area (Å²) < 4.78 is 6.11. The minimum atomic E-state index is -0.0855. The first-order valence-corrected chi connectivity index (χ1v) is 15.3. The molecule has 222 valence electrons. The van der Waals surface area contributed by atoms with Gasteiger partial charge < -0.3 is 35.8 Å². The number of piperidine rings is 1. The number of nitrogens with two attached hydrogens (primary N) is 1. The van der Waals surface area contributed by atoms with E-state index in [4.69, 9.17) is 10.5 Å². The lowest BCUT2D eigenvalue weighted by molar-refractivity contribution is 0.0937. The van der Waals surface area contributed by atoms with Crippen LogP contribution in [0.2, 0.25) is 0 Å². The van der Waals surface area contributed by atoms with Crippen molar-refractivity contribution in [2.24, 2.45) is 0 Å². The quantitative estimate of drug-likeness (QED) is 0.386. The van der Waals surface area contributed by atoms with Gasteiger partial charge in [0.25, 0.3) is 5.91 Å². The molecule has 0 spiro atoms. The molecular weight excluding hydrogens is 586 g/mol. The number of nitrogen functional groups attached to an aromatic ring is 1. The summed E-state index contributed by atoms with van der Waals surface area (Å²) in [6, 6.07) is 9.73. The molecule has 0 bridgehead atoms. The Balaban J connectivity index is 1.08. The van der Waals surface area contributed by atoms with E-state index in [1.165, 1.54) is 0 Å². The molecule has 4 N–H and O–H groups in total. The number of methoxy groups -OCH3 is 1. The summed E-state index contributed by atoms with van der Waals surface area (Å²) in [5, 5.41) is 6.18. The maximum absolute atomic E-state index is 13.0. The normalized spacial score (nSPS) is 19.4. The number of amides is 3. The zero-order valence-electron chi connectivity index (χ0n) is 24.1. The molecule has 2 fully saturated rings. The third-order valence-corrected chi connectivity index (χ3v) is 9.27. The summed E-state index contributed by atoms with van der Waals surface area (Å²) in [6.07, 6.45) is 2.64. The van der Waals surface area contributed by atoms with Crippen LogP contribution in [0.5, 0.6) is 5.75 Å². The summed E-state index contributed by atoms with van der Waals surface area (Å²) in [5.41, 5.74) is 10.6. The van der Waals surface area contributed by atoms with Gasteiger partial charge in [-0.2, -0.15) is 0 Å². The van der Waals surface area contributed by atoms with Crippen LogP contribution in [0.3, 0.4) is 0 Å². The Labute approximate surface area is 251 Å². The van der Waals surface area contributed by atoms with Crippen LogP contribution in [0, 0.1) is 0 Å². The van der Waals surface area contributed by atoms with Gasteiger partial charge in [-0.1, -0.05) is 0 Å². The molecule has 3 aliphatic heterocycles. The average molecular weight is 629 g/mol. The number of rotatable bonds is 8. The number of hydrogen-bond donors (Lipinski definition) is 3. The predicted octanol–water partition coefficient (Wildman–Crippen LogP) is 3.07. The number of fused-ring (bicyclic) bond motifs is 1. The largest absolute Gasteiger partial charge is 0.497 e. The molecular formula is C30H42BrN7O3. The highest BCUT2D eigenvalue weighted by Gasteiger charge is 2.30. The third kappa shape index (κ3) is 7.32. The molecule has 0 radical (unpaired) electrons. The van der Waals surface area contributed by atoms with E-state index < -0.39 is 0 Å². The molecule has 3 heterocycles. The molecule has 3 amide bonds.